The van der Waals surface area contributed by atoms with Crippen LogP contribution in [0.1, 0.15) is 0 Å². The lowest BCUT2D eigenvalue weighted by atomic mass is 10.7. The van der Waals surface area contributed by atoms with Crippen molar-refractivity contribution in [2.75, 3.05) is 19.7 Å². The first-order valence-corrected chi connectivity index (χ1v) is 3.03. The predicted octanol–water partition coefficient (Wildman–Crippen LogP) is -0.865. The molecule has 11 heavy (non-hydrogen) atoms. The first kappa shape index (κ1) is 12.6. The molecular formula is C6H14N2O3. The minimum Gasteiger partial charge on any atom is -0.500 e. The van der Waals surface area contributed by atoms with Gasteiger partial charge in [-0.05, 0) is 0 Å². The van der Waals surface area contributed by atoms with Gasteiger partial charge in [-0.25, -0.2) is 0 Å². The summed E-state index contributed by atoms with van der Waals surface area (Å²) in [5, 5.41) is 7.60. The molecule has 0 saturated carbocycles. The molecule has 0 fully saturated rings. The molecule has 5 N–H and O–H groups in total. The second-order valence-corrected chi connectivity index (χ2v) is 1.42. The fourth-order valence-electron chi connectivity index (χ4n) is 0.151. The highest BCUT2D eigenvalue weighted by molar-refractivity contribution is 5.68. The van der Waals surface area contributed by atoms with Gasteiger partial charge in [0.05, 0.1) is 19.4 Å². The van der Waals surface area contributed by atoms with E-state index in [0.717, 1.165) is 0 Å². The van der Waals surface area contributed by atoms with Crippen LogP contribution in [0.5, 0.6) is 0 Å². The molecule has 66 valence electrons. The van der Waals surface area contributed by atoms with Gasteiger partial charge in [0.2, 0.25) is 0 Å². The third-order valence-corrected chi connectivity index (χ3v) is 0.528. The van der Waals surface area contributed by atoms with Crippen LogP contribution in [0.2, 0.25) is 0 Å². The van der Waals surface area contributed by atoms with Gasteiger partial charge >= 0.3 is 5.97 Å². The molecule has 0 aromatic rings. The number of ether oxygens (including phenoxy) is 1. The second-order valence-electron chi connectivity index (χ2n) is 1.42. The quantitative estimate of drug-likeness (QED) is 0.369. The van der Waals surface area contributed by atoms with Crippen LogP contribution in [0.3, 0.4) is 0 Å². The lowest BCUT2D eigenvalue weighted by Crippen LogP contribution is -2.10. The van der Waals surface area contributed by atoms with Crippen LogP contribution in [0.15, 0.2) is 12.8 Å². The second kappa shape index (κ2) is 11.7. The fraction of sp³-hybridized carbons (Fsp3) is 0.500. The van der Waals surface area contributed by atoms with Crippen LogP contribution in [-0.2, 0) is 9.53 Å². The number of carboxylic acids is 1. The van der Waals surface area contributed by atoms with E-state index in [9.17, 15) is 4.79 Å². The zero-order chi connectivity index (χ0) is 9.11. The Balaban J connectivity index is 0. The lowest BCUT2D eigenvalue weighted by molar-refractivity contribution is -0.135. The number of hydrogen-bond acceptors (Lipinski definition) is 4. The molecule has 0 aliphatic carbocycles. The Morgan fingerprint density at radius 2 is 2.09 bits per heavy atom. The molecule has 0 rings (SSSR count). The summed E-state index contributed by atoms with van der Waals surface area (Å²) >= 11 is 0. The van der Waals surface area contributed by atoms with Crippen LogP contribution in [-0.4, -0.2) is 30.8 Å². The average molecular weight is 162 g/mol. The minimum absolute atomic E-state index is 0.278. The van der Waals surface area contributed by atoms with Crippen molar-refractivity contribution >= 4 is 5.97 Å². The predicted molar refractivity (Wildman–Crippen MR) is 41.9 cm³/mol. The molecule has 0 bridgehead atoms. The topological polar surface area (TPSA) is 98.6 Å². The molecule has 0 heterocycles. The Morgan fingerprint density at radius 3 is 2.18 bits per heavy atom. The smallest absolute Gasteiger partial charge is 0.317 e. The SMILES string of the molecule is C=COCCN.NCC(=O)O. The summed E-state index contributed by atoms with van der Waals surface area (Å²) in [6.45, 7) is 4.18. The molecule has 0 radical (unpaired) electrons. The van der Waals surface area contributed by atoms with Crippen LogP contribution in [0.25, 0.3) is 0 Å². The maximum absolute atomic E-state index is 9.24. The van der Waals surface area contributed by atoms with Crippen molar-refractivity contribution in [3.8, 4) is 0 Å². The molecule has 0 spiro atoms. The first-order valence-electron chi connectivity index (χ1n) is 3.03. The molecule has 0 aromatic heterocycles. The number of rotatable bonds is 4. The third kappa shape index (κ3) is 27.8. The Morgan fingerprint density at radius 1 is 1.64 bits per heavy atom. The van der Waals surface area contributed by atoms with Crippen LogP contribution < -0.4 is 11.5 Å². The van der Waals surface area contributed by atoms with Gasteiger partial charge in [-0.2, -0.15) is 0 Å². The third-order valence-electron chi connectivity index (χ3n) is 0.528. The highest BCUT2D eigenvalue weighted by Gasteiger charge is 1.81. The highest BCUT2D eigenvalue weighted by Crippen LogP contribution is 1.65. The number of carboxylic acid groups (broad SMARTS) is 1. The van der Waals surface area contributed by atoms with E-state index in [1.165, 1.54) is 6.26 Å². The Labute approximate surface area is 65.6 Å². The van der Waals surface area contributed by atoms with E-state index in [2.05, 4.69) is 17.0 Å². The molecular weight excluding hydrogens is 148 g/mol. The van der Waals surface area contributed by atoms with Gasteiger partial charge < -0.3 is 21.3 Å². The summed E-state index contributed by atoms with van der Waals surface area (Å²) in [5.41, 5.74) is 9.61. The van der Waals surface area contributed by atoms with Crippen molar-refractivity contribution in [2.45, 2.75) is 0 Å². The number of nitrogens with two attached hydrogens (primary N) is 2. The van der Waals surface area contributed by atoms with Gasteiger partial charge in [-0.15, -0.1) is 0 Å². The van der Waals surface area contributed by atoms with Crippen molar-refractivity contribution in [3.05, 3.63) is 12.8 Å². The fourth-order valence-corrected chi connectivity index (χ4v) is 0.151. The molecule has 0 amide bonds. The normalized spacial score (nSPS) is 7.45. The van der Waals surface area contributed by atoms with Crippen molar-refractivity contribution in [1.82, 2.24) is 0 Å². The van der Waals surface area contributed by atoms with Gasteiger partial charge in [0, 0.05) is 6.54 Å². The van der Waals surface area contributed by atoms with E-state index < -0.39 is 5.97 Å². The molecule has 0 aliphatic rings. The lowest BCUT2D eigenvalue weighted by Gasteiger charge is -1.90. The van der Waals surface area contributed by atoms with Gasteiger partial charge in [-0.3, -0.25) is 4.79 Å². The molecule has 0 atom stereocenters. The molecule has 5 heteroatoms. The van der Waals surface area contributed by atoms with E-state index in [0.29, 0.717) is 13.2 Å². The summed E-state index contributed by atoms with van der Waals surface area (Å²) in [4.78, 5) is 9.24. The minimum atomic E-state index is -0.968. The molecule has 0 aromatic carbocycles. The van der Waals surface area contributed by atoms with Gasteiger partial charge in [0.15, 0.2) is 0 Å². The van der Waals surface area contributed by atoms with Crippen molar-refractivity contribution < 1.29 is 14.6 Å². The van der Waals surface area contributed by atoms with E-state index in [4.69, 9.17) is 10.8 Å². The molecule has 5 nitrogen and oxygen atoms in total. The van der Waals surface area contributed by atoms with E-state index in [1.54, 1.807) is 0 Å². The average Bonchev–Trinajstić information content (AvgIpc) is 2.02. The summed E-state index contributed by atoms with van der Waals surface area (Å²) < 4.78 is 4.62. The summed E-state index contributed by atoms with van der Waals surface area (Å²) in [6.07, 6.45) is 1.38. The number of hydrogen-bond donors (Lipinski definition) is 3. The Hall–Kier alpha value is -1.07. The maximum Gasteiger partial charge on any atom is 0.317 e. The number of aliphatic carboxylic acids is 1. The molecule has 0 saturated heterocycles. The number of carbonyl (C=O) groups is 1. The van der Waals surface area contributed by atoms with E-state index in [1.807, 2.05) is 0 Å². The van der Waals surface area contributed by atoms with Gasteiger partial charge in [-0.1, -0.05) is 6.58 Å². The summed E-state index contributed by atoms with van der Waals surface area (Å²) in [5.74, 6) is -0.968. The van der Waals surface area contributed by atoms with E-state index >= 15 is 0 Å². The summed E-state index contributed by atoms with van der Waals surface area (Å²) in [7, 11) is 0. The standard InChI is InChI=1S/C4H9NO.C2H5NO2/c1-2-6-4-3-5;3-1-2(4)5/h2H,1,3-5H2;1,3H2,(H,4,5). The zero-order valence-corrected chi connectivity index (χ0v) is 6.32. The summed E-state index contributed by atoms with van der Waals surface area (Å²) in [6, 6.07) is 0. The van der Waals surface area contributed by atoms with Crippen LogP contribution >= 0.6 is 0 Å². The van der Waals surface area contributed by atoms with Crippen molar-refractivity contribution in [1.29, 1.82) is 0 Å². The Bertz CT molecular complexity index is 106. The monoisotopic (exact) mass is 162 g/mol. The maximum atomic E-state index is 9.24. The van der Waals surface area contributed by atoms with E-state index in [-0.39, 0.29) is 6.54 Å². The van der Waals surface area contributed by atoms with Crippen molar-refractivity contribution in [2.24, 2.45) is 11.5 Å². The molecule has 0 aliphatic heterocycles. The van der Waals surface area contributed by atoms with Gasteiger partial charge in [0.1, 0.15) is 0 Å². The highest BCUT2D eigenvalue weighted by atomic mass is 16.5. The van der Waals surface area contributed by atoms with Crippen LogP contribution in [0, 0.1) is 0 Å². The zero-order valence-electron chi connectivity index (χ0n) is 6.32. The van der Waals surface area contributed by atoms with Crippen LogP contribution in [0.4, 0.5) is 0 Å². The largest absolute Gasteiger partial charge is 0.500 e. The van der Waals surface area contributed by atoms with Crippen molar-refractivity contribution in [3.63, 3.8) is 0 Å². The molecule has 0 unspecified atom stereocenters. The van der Waals surface area contributed by atoms with Gasteiger partial charge in [0.25, 0.3) is 0 Å². The first-order chi connectivity index (χ1) is 5.18. The Kier molecular flexibility index (Phi) is 13.4.